The van der Waals surface area contributed by atoms with Gasteiger partial charge in [-0.25, -0.2) is 0 Å². The summed E-state index contributed by atoms with van der Waals surface area (Å²) in [5.41, 5.74) is 7.35. The van der Waals surface area contributed by atoms with Crippen molar-refractivity contribution in [3.63, 3.8) is 0 Å². The van der Waals surface area contributed by atoms with Gasteiger partial charge in [0.25, 0.3) is 11.8 Å². The lowest BCUT2D eigenvalue weighted by atomic mass is 9.67. The van der Waals surface area contributed by atoms with Gasteiger partial charge >= 0.3 is 0 Å². The molecule has 2 bridgehead atoms. The molecule has 2 aliphatic rings. The zero-order valence-corrected chi connectivity index (χ0v) is 14.5. The SMILES string of the molecule is CN(C)C(=O)c1ccc(C(=O)NC2C3CCCC2CC(N)C3)cc1. The Kier molecular flexibility index (Phi) is 4.90. The molecule has 0 radical (unpaired) electrons. The van der Waals surface area contributed by atoms with Crippen molar-refractivity contribution in [2.75, 3.05) is 14.1 Å². The van der Waals surface area contributed by atoms with Crippen LogP contribution in [0.3, 0.4) is 0 Å². The number of amides is 2. The van der Waals surface area contributed by atoms with Crippen molar-refractivity contribution in [3.05, 3.63) is 35.4 Å². The molecule has 130 valence electrons. The molecule has 2 atom stereocenters. The molecule has 0 saturated heterocycles. The zero-order chi connectivity index (χ0) is 17.3. The van der Waals surface area contributed by atoms with E-state index in [0.717, 1.165) is 25.7 Å². The van der Waals surface area contributed by atoms with Crippen molar-refractivity contribution in [2.24, 2.45) is 17.6 Å². The standard InChI is InChI=1S/C19H27N3O2/c1-22(2)19(24)13-8-6-12(7-9-13)18(23)21-17-14-4-3-5-15(17)11-16(20)10-14/h6-9,14-17H,3-5,10-11,20H2,1-2H3,(H,21,23). The second-order valence-electron chi connectivity index (χ2n) is 7.46. The highest BCUT2D eigenvalue weighted by molar-refractivity contribution is 5.97. The highest BCUT2D eigenvalue weighted by Gasteiger charge is 2.39. The van der Waals surface area contributed by atoms with Gasteiger partial charge in [-0.05, 0) is 61.8 Å². The number of carbonyl (C=O) groups excluding carboxylic acids is 2. The van der Waals surface area contributed by atoms with E-state index in [2.05, 4.69) is 5.32 Å². The second kappa shape index (κ2) is 6.93. The molecule has 0 spiro atoms. The van der Waals surface area contributed by atoms with Crippen LogP contribution in [0.15, 0.2) is 24.3 Å². The molecule has 2 aliphatic carbocycles. The summed E-state index contributed by atoms with van der Waals surface area (Å²) in [5.74, 6) is 0.908. The predicted molar refractivity (Wildman–Crippen MR) is 93.8 cm³/mol. The van der Waals surface area contributed by atoms with Gasteiger partial charge in [-0.1, -0.05) is 6.42 Å². The molecule has 3 N–H and O–H groups in total. The zero-order valence-electron chi connectivity index (χ0n) is 14.5. The van der Waals surface area contributed by atoms with Gasteiger partial charge in [0.1, 0.15) is 0 Å². The molecule has 1 aromatic rings. The molecular weight excluding hydrogens is 302 g/mol. The van der Waals surface area contributed by atoms with E-state index in [1.54, 1.807) is 38.4 Å². The Morgan fingerprint density at radius 3 is 2.12 bits per heavy atom. The second-order valence-corrected chi connectivity index (χ2v) is 7.46. The van der Waals surface area contributed by atoms with Gasteiger partial charge < -0.3 is 16.0 Å². The third-order valence-corrected chi connectivity index (χ3v) is 5.47. The first-order valence-electron chi connectivity index (χ1n) is 8.84. The number of benzene rings is 1. The summed E-state index contributed by atoms with van der Waals surface area (Å²) in [5, 5.41) is 3.24. The van der Waals surface area contributed by atoms with E-state index in [-0.39, 0.29) is 23.9 Å². The minimum absolute atomic E-state index is 0.0452. The number of rotatable bonds is 3. The van der Waals surface area contributed by atoms with Crippen LogP contribution < -0.4 is 11.1 Å². The summed E-state index contributed by atoms with van der Waals surface area (Å²) in [4.78, 5) is 26.1. The quantitative estimate of drug-likeness (QED) is 0.891. The molecule has 24 heavy (non-hydrogen) atoms. The number of nitrogens with zero attached hydrogens (tertiary/aromatic N) is 1. The van der Waals surface area contributed by atoms with Crippen molar-refractivity contribution in [2.45, 2.75) is 44.2 Å². The van der Waals surface area contributed by atoms with Crippen LogP contribution in [0.4, 0.5) is 0 Å². The molecule has 2 amide bonds. The van der Waals surface area contributed by atoms with Gasteiger partial charge in [0, 0.05) is 37.3 Å². The van der Waals surface area contributed by atoms with Crippen molar-refractivity contribution in [3.8, 4) is 0 Å². The maximum Gasteiger partial charge on any atom is 0.253 e. The fourth-order valence-electron chi connectivity index (χ4n) is 4.28. The van der Waals surface area contributed by atoms with E-state index < -0.39 is 0 Å². The monoisotopic (exact) mass is 329 g/mol. The summed E-state index contributed by atoms with van der Waals surface area (Å²) in [6, 6.07) is 7.43. The van der Waals surface area contributed by atoms with Crippen LogP contribution in [0.25, 0.3) is 0 Å². The average molecular weight is 329 g/mol. The molecule has 3 rings (SSSR count). The summed E-state index contributed by atoms with van der Waals surface area (Å²) >= 11 is 0. The van der Waals surface area contributed by atoms with Crippen LogP contribution in [-0.2, 0) is 0 Å². The van der Waals surface area contributed by atoms with Crippen molar-refractivity contribution in [1.82, 2.24) is 10.2 Å². The van der Waals surface area contributed by atoms with E-state index in [1.165, 1.54) is 11.3 Å². The van der Waals surface area contributed by atoms with Gasteiger partial charge in [-0.15, -0.1) is 0 Å². The van der Waals surface area contributed by atoms with E-state index in [4.69, 9.17) is 5.73 Å². The maximum absolute atomic E-state index is 12.6. The highest BCUT2D eigenvalue weighted by Crippen LogP contribution is 2.39. The Balaban J connectivity index is 1.68. The molecule has 2 fully saturated rings. The van der Waals surface area contributed by atoms with E-state index >= 15 is 0 Å². The largest absolute Gasteiger partial charge is 0.349 e. The first-order valence-corrected chi connectivity index (χ1v) is 8.84. The molecule has 1 aromatic carbocycles. The molecule has 2 saturated carbocycles. The molecule has 0 aliphatic heterocycles. The lowest BCUT2D eigenvalue weighted by Crippen LogP contribution is -2.53. The van der Waals surface area contributed by atoms with Crippen molar-refractivity contribution < 1.29 is 9.59 Å². The van der Waals surface area contributed by atoms with Crippen molar-refractivity contribution in [1.29, 1.82) is 0 Å². The van der Waals surface area contributed by atoms with Crippen LogP contribution in [0, 0.1) is 11.8 Å². The number of nitrogens with two attached hydrogens (primary N) is 1. The lowest BCUT2D eigenvalue weighted by Gasteiger charge is -2.45. The number of fused-ring (bicyclic) bond motifs is 2. The van der Waals surface area contributed by atoms with Gasteiger partial charge in [-0.2, -0.15) is 0 Å². The minimum Gasteiger partial charge on any atom is -0.349 e. The Morgan fingerprint density at radius 2 is 1.58 bits per heavy atom. The van der Waals surface area contributed by atoms with E-state index in [1.807, 2.05) is 0 Å². The predicted octanol–water partition coefficient (Wildman–Crippen LogP) is 2.02. The fourth-order valence-corrected chi connectivity index (χ4v) is 4.28. The van der Waals surface area contributed by atoms with E-state index in [0.29, 0.717) is 23.0 Å². The highest BCUT2D eigenvalue weighted by atomic mass is 16.2. The smallest absolute Gasteiger partial charge is 0.253 e. The van der Waals surface area contributed by atoms with Gasteiger partial charge in [-0.3, -0.25) is 9.59 Å². The molecular formula is C19H27N3O2. The first kappa shape index (κ1) is 17.0. The van der Waals surface area contributed by atoms with E-state index in [9.17, 15) is 9.59 Å². The Bertz CT molecular complexity index is 598. The van der Waals surface area contributed by atoms with Crippen molar-refractivity contribution >= 4 is 11.8 Å². The normalized spacial score (nSPS) is 29.0. The van der Waals surface area contributed by atoms with Crippen LogP contribution in [0.2, 0.25) is 0 Å². The minimum atomic E-state index is -0.0576. The summed E-state index contributed by atoms with van der Waals surface area (Å²) in [6.45, 7) is 0. The lowest BCUT2D eigenvalue weighted by molar-refractivity contribution is 0.0755. The van der Waals surface area contributed by atoms with Gasteiger partial charge in [0.15, 0.2) is 0 Å². The van der Waals surface area contributed by atoms with Crippen LogP contribution in [-0.4, -0.2) is 42.9 Å². The first-order chi connectivity index (χ1) is 11.5. The maximum atomic E-state index is 12.6. The summed E-state index contributed by atoms with van der Waals surface area (Å²) in [6.07, 6.45) is 5.59. The summed E-state index contributed by atoms with van der Waals surface area (Å²) in [7, 11) is 3.44. The number of carbonyl (C=O) groups is 2. The summed E-state index contributed by atoms with van der Waals surface area (Å²) < 4.78 is 0. The van der Waals surface area contributed by atoms with Crippen LogP contribution in [0.5, 0.6) is 0 Å². The number of nitrogens with one attached hydrogen (secondary N) is 1. The average Bonchev–Trinajstić information content (AvgIpc) is 2.55. The van der Waals surface area contributed by atoms with Crippen LogP contribution in [0.1, 0.15) is 52.8 Å². The number of hydrogen-bond acceptors (Lipinski definition) is 3. The fraction of sp³-hybridized carbons (Fsp3) is 0.579. The third kappa shape index (κ3) is 3.46. The number of hydrogen-bond donors (Lipinski definition) is 2. The topological polar surface area (TPSA) is 75.4 Å². The molecule has 2 unspecified atom stereocenters. The molecule has 0 aromatic heterocycles. The van der Waals surface area contributed by atoms with Gasteiger partial charge in [0.05, 0.1) is 0 Å². The Labute approximate surface area is 143 Å². The Morgan fingerprint density at radius 1 is 1.04 bits per heavy atom. The molecule has 5 heteroatoms. The van der Waals surface area contributed by atoms with Crippen LogP contribution >= 0.6 is 0 Å². The Hall–Kier alpha value is -1.88. The molecule has 5 nitrogen and oxygen atoms in total. The molecule has 0 heterocycles. The third-order valence-electron chi connectivity index (χ3n) is 5.47. The van der Waals surface area contributed by atoms with Gasteiger partial charge in [0.2, 0.25) is 0 Å².